The Balaban J connectivity index is 0.00000256. The van der Waals surface area contributed by atoms with Gasteiger partial charge in [-0.2, -0.15) is 10.2 Å². The van der Waals surface area contributed by atoms with E-state index in [1.54, 1.807) is 74.5 Å². The molecule has 0 spiro atoms. The summed E-state index contributed by atoms with van der Waals surface area (Å²) in [5.74, 6) is -0.597. The van der Waals surface area contributed by atoms with E-state index < -0.39 is 0 Å². The minimum atomic E-state index is -0.299. The van der Waals surface area contributed by atoms with Crippen molar-refractivity contribution < 1.29 is 31.6 Å². The average Bonchev–Trinajstić information content (AvgIpc) is 2.81. The predicted molar refractivity (Wildman–Crippen MR) is 120 cm³/mol. The van der Waals surface area contributed by atoms with Gasteiger partial charge in [0.2, 0.25) is 0 Å². The van der Waals surface area contributed by atoms with Crippen LogP contribution in [-0.4, -0.2) is 33.7 Å². The third-order valence-electron chi connectivity index (χ3n) is 4.21. The van der Waals surface area contributed by atoms with E-state index in [2.05, 4.69) is 26.0 Å². The fourth-order valence-electron chi connectivity index (χ4n) is 2.53. The summed E-state index contributed by atoms with van der Waals surface area (Å²) in [4.78, 5) is 28.8. The number of carbonyl (C=O) groups excluding carboxylic acids is 2. The third kappa shape index (κ3) is 7.23. The van der Waals surface area contributed by atoms with E-state index in [1.807, 2.05) is 18.2 Å². The molecule has 9 heteroatoms. The van der Waals surface area contributed by atoms with Crippen molar-refractivity contribution in [2.75, 3.05) is 0 Å². The first kappa shape index (κ1) is 26.4. The predicted octanol–water partition coefficient (Wildman–Crippen LogP) is 2.56. The maximum Gasteiger partial charge on any atom is 0.271 e. The number of nitrogens with zero attached hydrogens (tertiary/aromatic N) is 3. The van der Waals surface area contributed by atoms with E-state index in [1.165, 1.54) is 0 Å². The molecule has 0 atom stereocenters. The number of hydrogen-bond acceptors (Lipinski definition) is 5. The summed E-state index contributed by atoms with van der Waals surface area (Å²) >= 11 is 0. The molecule has 8 nitrogen and oxygen atoms in total. The molecule has 32 heavy (non-hydrogen) atoms. The smallest absolute Gasteiger partial charge is 0.271 e. The van der Waals surface area contributed by atoms with Crippen LogP contribution in [0.2, 0.25) is 0 Å². The second-order valence-corrected chi connectivity index (χ2v) is 6.42. The fraction of sp³-hybridized carbons (Fsp3) is 0.0870. The molecule has 4 N–H and O–H groups in total. The number of pyridine rings is 1. The molecule has 0 saturated heterocycles. The van der Waals surface area contributed by atoms with Gasteiger partial charge >= 0.3 is 0 Å². The molecule has 1 aromatic heterocycles. The Hall–Kier alpha value is -3.68. The van der Waals surface area contributed by atoms with E-state index in [-0.39, 0.29) is 33.8 Å². The van der Waals surface area contributed by atoms with Crippen molar-refractivity contribution in [1.29, 1.82) is 0 Å². The number of aromatic nitrogens is 1. The van der Waals surface area contributed by atoms with Crippen molar-refractivity contribution in [3.63, 3.8) is 0 Å². The van der Waals surface area contributed by atoms with Crippen LogP contribution in [0.1, 0.15) is 46.0 Å². The van der Waals surface area contributed by atoms with Crippen LogP contribution < -0.4 is 10.9 Å². The van der Waals surface area contributed by atoms with Gasteiger partial charge in [0, 0.05) is 27.6 Å². The number of hydrogen-bond donors (Lipinski definition) is 2. The van der Waals surface area contributed by atoms with Gasteiger partial charge < -0.3 is 5.48 Å². The summed E-state index contributed by atoms with van der Waals surface area (Å²) < 4.78 is 0. The number of hydrazone groups is 2. The zero-order valence-corrected chi connectivity index (χ0v) is 18.5. The second kappa shape index (κ2) is 12.9. The summed E-state index contributed by atoms with van der Waals surface area (Å²) in [5, 5.41) is 8.26. The van der Waals surface area contributed by atoms with Crippen LogP contribution in [0.4, 0.5) is 0 Å². The topological polar surface area (TPSA) is 127 Å². The molecular weight excluding hydrogens is 453 g/mol. The van der Waals surface area contributed by atoms with Gasteiger partial charge in [-0.25, -0.2) is 15.8 Å². The normalized spacial score (nSPS) is 10.9. The molecule has 0 bridgehead atoms. The van der Waals surface area contributed by atoms with Gasteiger partial charge in [-0.3, -0.25) is 9.59 Å². The molecule has 0 saturated carbocycles. The van der Waals surface area contributed by atoms with Gasteiger partial charge in [0.25, 0.3) is 11.8 Å². The number of nitrogens with one attached hydrogen (secondary N) is 2. The molecule has 3 rings (SSSR count). The molecule has 3 aromatic rings. The van der Waals surface area contributed by atoms with Crippen molar-refractivity contribution in [1.82, 2.24) is 15.8 Å². The van der Waals surface area contributed by atoms with E-state index >= 15 is 0 Å². The largest absolute Gasteiger partial charge is 0.412 e. The van der Waals surface area contributed by atoms with Gasteiger partial charge in [-0.15, -0.1) is 0 Å². The van der Waals surface area contributed by atoms with Gasteiger partial charge in [0.1, 0.15) is 0 Å². The van der Waals surface area contributed by atoms with Crippen molar-refractivity contribution >= 4 is 23.2 Å². The molecule has 2 aromatic carbocycles. The van der Waals surface area contributed by atoms with Crippen LogP contribution in [0.5, 0.6) is 0 Å². The molecule has 0 radical (unpaired) electrons. The Morgan fingerprint density at radius 2 is 1.03 bits per heavy atom. The first-order valence-corrected chi connectivity index (χ1v) is 9.32. The minimum Gasteiger partial charge on any atom is -0.412 e. The van der Waals surface area contributed by atoms with Crippen LogP contribution in [-0.2, 0) is 16.5 Å². The molecule has 0 unspecified atom stereocenters. The zero-order chi connectivity index (χ0) is 21.3. The molecule has 1 heterocycles. The van der Waals surface area contributed by atoms with Crippen LogP contribution in [0.3, 0.4) is 0 Å². The van der Waals surface area contributed by atoms with Crippen molar-refractivity contribution in [3.8, 4) is 0 Å². The summed E-state index contributed by atoms with van der Waals surface area (Å²) in [5.41, 5.74) is 8.36. The zero-order valence-electron chi connectivity index (χ0n) is 17.5. The van der Waals surface area contributed by atoms with Crippen molar-refractivity contribution in [2.45, 2.75) is 13.8 Å². The number of carbonyl (C=O) groups is 2. The van der Waals surface area contributed by atoms with Crippen molar-refractivity contribution in [3.05, 3.63) is 101 Å². The van der Waals surface area contributed by atoms with Crippen molar-refractivity contribution in [2.24, 2.45) is 10.2 Å². The Labute approximate surface area is 196 Å². The average molecular weight is 476 g/mol. The monoisotopic (exact) mass is 475 g/mol. The standard InChI is InChI=1S/C23H21N5O2.Ni.H2O/c1-16(25-27-22(29)18-10-5-3-6-11-18)20-14-9-15-21(24-20)17(2)26-28-23(30)19-12-7-4-8-13-19;;/h3-15H,1-2H3,(H,27,29)(H,28,30);;1H2/b25-16-,26-17+;;. The Kier molecular flexibility index (Phi) is 10.6. The van der Waals surface area contributed by atoms with Gasteiger partial charge in [0.05, 0.1) is 22.8 Å². The van der Waals surface area contributed by atoms with Crippen LogP contribution in [0.25, 0.3) is 0 Å². The van der Waals surface area contributed by atoms with Gasteiger partial charge in [0.15, 0.2) is 0 Å². The summed E-state index contributed by atoms with van der Waals surface area (Å²) in [6.45, 7) is 3.50. The third-order valence-corrected chi connectivity index (χ3v) is 4.21. The van der Waals surface area contributed by atoms with E-state index in [9.17, 15) is 9.59 Å². The Morgan fingerprint density at radius 1 is 0.656 bits per heavy atom. The van der Waals surface area contributed by atoms with E-state index in [0.717, 1.165) is 0 Å². The van der Waals surface area contributed by atoms with E-state index in [0.29, 0.717) is 33.9 Å². The van der Waals surface area contributed by atoms with Crippen LogP contribution in [0, 0.1) is 0 Å². The molecule has 0 aliphatic carbocycles. The number of amides is 2. The Bertz CT molecular complexity index is 1020. The summed E-state index contributed by atoms with van der Waals surface area (Å²) in [6, 6.07) is 23.1. The van der Waals surface area contributed by atoms with Crippen LogP contribution in [0.15, 0.2) is 89.1 Å². The van der Waals surface area contributed by atoms with Gasteiger partial charge in [-0.1, -0.05) is 42.5 Å². The quantitative estimate of drug-likeness (QED) is 0.323. The second-order valence-electron chi connectivity index (χ2n) is 6.42. The SMILES string of the molecule is C/C(=N/NC(=O)c1ccccc1)c1cccc(/C(C)=N/NC(=O)c2ccccc2)n1.O.[Ni]. The van der Waals surface area contributed by atoms with Crippen LogP contribution >= 0.6 is 0 Å². The molecular formula is C23H23N5NiO3. The molecule has 168 valence electrons. The van der Waals surface area contributed by atoms with Gasteiger partial charge in [-0.05, 0) is 50.2 Å². The van der Waals surface area contributed by atoms with E-state index in [4.69, 9.17) is 0 Å². The molecule has 0 aliphatic heterocycles. The molecule has 0 fully saturated rings. The summed E-state index contributed by atoms with van der Waals surface area (Å²) in [6.07, 6.45) is 0. The Morgan fingerprint density at radius 3 is 1.41 bits per heavy atom. The number of rotatable bonds is 6. The first-order chi connectivity index (χ1) is 14.5. The fourth-order valence-corrected chi connectivity index (χ4v) is 2.53. The first-order valence-electron chi connectivity index (χ1n) is 9.32. The maximum absolute atomic E-state index is 12.1. The number of benzene rings is 2. The maximum atomic E-state index is 12.1. The molecule has 2 amide bonds. The summed E-state index contributed by atoms with van der Waals surface area (Å²) in [7, 11) is 0. The molecule has 0 aliphatic rings. The minimum absolute atomic E-state index is 0.